The predicted molar refractivity (Wildman–Crippen MR) is 98.6 cm³/mol. The second-order valence-corrected chi connectivity index (χ2v) is 6.98. The molecule has 0 saturated carbocycles. The van der Waals surface area contributed by atoms with Crippen LogP contribution in [0, 0.1) is 11.6 Å². The van der Waals surface area contributed by atoms with Crippen molar-refractivity contribution in [1.29, 1.82) is 0 Å². The van der Waals surface area contributed by atoms with Crippen LogP contribution in [0.1, 0.15) is 31.0 Å². The average Bonchev–Trinajstić information content (AvgIpc) is 2.63. The van der Waals surface area contributed by atoms with Crippen molar-refractivity contribution >= 4 is 11.8 Å². The average molecular weight is 372 g/mol. The van der Waals surface area contributed by atoms with Gasteiger partial charge in [-0.05, 0) is 47.9 Å². The zero-order valence-corrected chi connectivity index (χ0v) is 15.3. The summed E-state index contributed by atoms with van der Waals surface area (Å²) in [5, 5.41) is 0.581. The van der Waals surface area contributed by atoms with E-state index in [1.807, 2.05) is 13.8 Å². The van der Waals surface area contributed by atoms with Crippen LogP contribution in [0.2, 0.25) is 0 Å². The van der Waals surface area contributed by atoms with Gasteiger partial charge in [-0.15, -0.1) is 0 Å². The summed E-state index contributed by atoms with van der Waals surface area (Å²) in [5.41, 5.74) is 1.84. The van der Waals surface area contributed by atoms with Crippen LogP contribution in [-0.4, -0.2) is 9.97 Å². The number of aromatic nitrogens is 2. The van der Waals surface area contributed by atoms with Gasteiger partial charge in [0.1, 0.15) is 17.4 Å². The molecule has 0 bridgehead atoms. The summed E-state index contributed by atoms with van der Waals surface area (Å²) in [6, 6.07) is 13.9. The number of rotatable bonds is 6. The van der Waals surface area contributed by atoms with Crippen molar-refractivity contribution in [3.8, 4) is 11.6 Å². The van der Waals surface area contributed by atoms with Crippen LogP contribution in [0.5, 0.6) is 11.6 Å². The Morgan fingerprint density at radius 2 is 1.54 bits per heavy atom. The molecule has 0 spiro atoms. The minimum atomic E-state index is -0.321. The molecule has 2 aromatic carbocycles. The molecule has 0 aliphatic heterocycles. The molecule has 0 saturated heterocycles. The van der Waals surface area contributed by atoms with E-state index in [-0.39, 0.29) is 17.6 Å². The Labute approximate surface area is 155 Å². The zero-order chi connectivity index (χ0) is 18.5. The van der Waals surface area contributed by atoms with Gasteiger partial charge in [0.15, 0.2) is 5.16 Å². The van der Waals surface area contributed by atoms with Gasteiger partial charge >= 0.3 is 0 Å². The Morgan fingerprint density at radius 1 is 0.923 bits per heavy atom. The number of hydrogen-bond donors (Lipinski definition) is 0. The quantitative estimate of drug-likeness (QED) is 0.395. The van der Waals surface area contributed by atoms with Crippen LogP contribution < -0.4 is 4.74 Å². The van der Waals surface area contributed by atoms with Gasteiger partial charge in [-0.25, -0.2) is 13.8 Å². The van der Waals surface area contributed by atoms with Crippen LogP contribution in [-0.2, 0) is 5.75 Å². The maximum atomic E-state index is 13.0. The van der Waals surface area contributed by atoms with E-state index in [0.29, 0.717) is 22.5 Å². The van der Waals surface area contributed by atoms with E-state index in [4.69, 9.17) is 4.74 Å². The lowest BCUT2D eigenvalue weighted by Gasteiger charge is -2.11. The molecule has 0 atom stereocenters. The van der Waals surface area contributed by atoms with E-state index >= 15 is 0 Å². The first-order valence-electron chi connectivity index (χ1n) is 8.19. The standard InChI is InChI=1S/C20H18F2N2OS/c1-13(2)18-11-19(25-17-9-7-16(22)8-10-17)24-20(23-18)26-12-14-3-5-15(21)6-4-14/h3-11,13H,12H2,1-2H3. The van der Waals surface area contributed by atoms with Crippen molar-refractivity contribution in [1.82, 2.24) is 9.97 Å². The first-order chi connectivity index (χ1) is 12.5. The summed E-state index contributed by atoms with van der Waals surface area (Å²) in [4.78, 5) is 8.99. The predicted octanol–water partition coefficient (Wildman–Crippen LogP) is 5.96. The highest BCUT2D eigenvalue weighted by atomic mass is 32.2. The number of ether oxygens (including phenoxy) is 1. The molecule has 134 valence electrons. The molecule has 1 aromatic heterocycles. The highest BCUT2D eigenvalue weighted by Gasteiger charge is 2.11. The Hall–Kier alpha value is -2.47. The fourth-order valence-electron chi connectivity index (χ4n) is 2.19. The third-order valence-corrected chi connectivity index (χ3v) is 4.53. The third-order valence-electron chi connectivity index (χ3n) is 3.61. The number of halogens is 2. The molecule has 0 fully saturated rings. The van der Waals surface area contributed by atoms with Crippen molar-refractivity contribution in [2.24, 2.45) is 0 Å². The van der Waals surface area contributed by atoms with Crippen LogP contribution in [0.25, 0.3) is 0 Å². The number of thioether (sulfide) groups is 1. The van der Waals surface area contributed by atoms with Crippen molar-refractivity contribution in [2.45, 2.75) is 30.7 Å². The van der Waals surface area contributed by atoms with Crippen LogP contribution in [0.15, 0.2) is 59.8 Å². The molecule has 3 nitrogen and oxygen atoms in total. The normalized spacial score (nSPS) is 11.0. The molecular formula is C20H18F2N2OS. The molecule has 1 heterocycles. The van der Waals surface area contributed by atoms with Crippen molar-refractivity contribution < 1.29 is 13.5 Å². The van der Waals surface area contributed by atoms with E-state index in [1.54, 1.807) is 30.3 Å². The Kier molecular flexibility index (Phi) is 5.83. The molecular weight excluding hydrogens is 354 g/mol. The van der Waals surface area contributed by atoms with E-state index in [1.165, 1.54) is 36.0 Å². The summed E-state index contributed by atoms with van der Waals surface area (Å²) in [6.45, 7) is 4.08. The number of benzene rings is 2. The molecule has 0 aliphatic rings. The second kappa shape index (κ2) is 8.27. The molecule has 6 heteroatoms. The van der Waals surface area contributed by atoms with Crippen molar-refractivity contribution in [3.63, 3.8) is 0 Å². The van der Waals surface area contributed by atoms with Gasteiger partial charge < -0.3 is 4.74 Å². The lowest BCUT2D eigenvalue weighted by Crippen LogP contribution is -2.00. The summed E-state index contributed by atoms with van der Waals surface area (Å²) in [5.74, 6) is 1.17. The maximum absolute atomic E-state index is 13.0. The van der Waals surface area contributed by atoms with Gasteiger partial charge in [0, 0.05) is 11.8 Å². The fraction of sp³-hybridized carbons (Fsp3) is 0.200. The summed E-state index contributed by atoms with van der Waals surface area (Å²) in [6.07, 6.45) is 0. The first-order valence-corrected chi connectivity index (χ1v) is 9.18. The zero-order valence-electron chi connectivity index (χ0n) is 14.4. The maximum Gasteiger partial charge on any atom is 0.223 e. The molecule has 0 unspecified atom stereocenters. The topological polar surface area (TPSA) is 35.0 Å². The highest BCUT2D eigenvalue weighted by molar-refractivity contribution is 7.98. The smallest absolute Gasteiger partial charge is 0.223 e. The molecule has 0 N–H and O–H groups in total. The Morgan fingerprint density at radius 3 is 2.15 bits per heavy atom. The lowest BCUT2D eigenvalue weighted by molar-refractivity contribution is 0.451. The van der Waals surface area contributed by atoms with E-state index in [2.05, 4.69) is 9.97 Å². The van der Waals surface area contributed by atoms with Gasteiger partial charge in [-0.2, -0.15) is 4.98 Å². The van der Waals surface area contributed by atoms with Gasteiger partial charge in [0.05, 0.1) is 5.69 Å². The molecule has 3 aromatic rings. The summed E-state index contributed by atoms with van der Waals surface area (Å²) >= 11 is 1.45. The van der Waals surface area contributed by atoms with Gasteiger partial charge in [-0.3, -0.25) is 0 Å². The largest absolute Gasteiger partial charge is 0.439 e. The van der Waals surface area contributed by atoms with Gasteiger partial charge in [0.25, 0.3) is 0 Å². The number of nitrogens with zero attached hydrogens (tertiary/aromatic N) is 2. The minimum absolute atomic E-state index is 0.207. The molecule has 26 heavy (non-hydrogen) atoms. The van der Waals surface area contributed by atoms with Gasteiger partial charge in [-0.1, -0.05) is 37.7 Å². The van der Waals surface area contributed by atoms with E-state index in [0.717, 1.165) is 11.3 Å². The summed E-state index contributed by atoms with van der Waals surface area (Å²) in [7, 11) is 0. The van der Waals surface area contributed by atoms with Crippen LogP contribution in [0.4, 0.5) is 8.78 Å². The van der Waals surface area contributed by atoms with Gasteiger partial charge in [0.2, 0.25) is 5.88 Å². The first kappa shape index (κ1) is 18.3. The van der Waals surface area contributed by atoms with Crippen molar-refractivity contribution in [2.75, 3.05) is 0 Å². The fourth-order valence-corrected chi connectivity index (χ4v) is 3.00. The number of hydrogen-bond acceptors (Lipinski definition) is 4. The Balaban J connectivity index is 1.79. The molecule has 3 rings (SSSR count). The SMILES string of the molecule is CC(C)c1cc(Oc2ccc(F)cc2)nc(SCc2ccc(F)cc2)n1. The molecule has 0 radical (unpaired) electrons. The van der Waals surface area contributed by atoms with Crippen LogP contribution in [0.3, 0.4) is 0 Å². The van der Waals surface area contributed by atoms with E-state index in [9.17, 15) is 8.78 Å². The minimum Gasteiger partial charge on any atom is -0.439 e. The third kappa shape index (κ3) is 5.02. The van der Waals surface area contributed by atoms with E-state index < -0.39 is 0 Å². The summed E-state index contributed by atoms with van der Waals surface area (Å²) < 4.78 is 31.8. The highest BCUT2D eigenvalue weighted by Crippen LogP contribution is 2.27. The monoisotopic (exact) mass is 372 g/mol. The second-order valence-electron chi connectivity index (χ2n) is 6.04. The van der Waals surface area contributed by atoms with Crippen LogP contribution >= 0.6 is 11.8 Å². The molecule has 0 aliphatic carbocycles. The molecule has 0 amide bonds. The van der Waals surface area contributed by atoms with Crippen molar-refractivity contribution in [3.05, 3.63) is 77.5 Å². The Bertz CT molecular complexity index is 868. The lowest BCUT2D eigenvalue weighted by atomic mass is 10.1.